The zero-order chi connectivity index (χ0) is 13.2. The molecular formula is C15H21BrN2O. The summed E-state index contributed by atoms with van der Waals surface area (Å²) < 4.78 is 7.10. The minimum absolute atomic E-state index is 0.437. The topological polar surface area (TPSA) is 24.5 Å². The Kier molecular flexibility index (Phi) is 4.10. The second kappa shape index (κ2) is 5.81. The predicted molar refractivity (Wildman–Crippen MR) is 81.6 cm³/mol. The van der Waals surface area contributed by atoms with Gasteiger partial charge in [-0.2, -0.15) is 0 Å². The summed E-state index contributed by atoms with van der Waals surface area (Å²) in [6.07, 6.45) is 3.31. The van der Waals surface area contributed by atoms with Crippen molar-refractivity contribution in [2.75, 3.05) is 24.5 Å². The minimum atomic E-state index is 0.437. The number of rotatable bonds is 4. The van der Waals surface area contributed by atoms with Gasteiger partial charge in [0.05, 0.1) is 17.9 Å². The maximum absolute atomic E-state index is 5.90. The molecule has 2 bridgehead atoms. The first kappa shape index (κ1) is 13.4. The predicted octanol–water partition coefficient (Wildman–Crippen LogP) is 2.93. The van der Waals surface area contributed by atoms with E-state index in [0.717, 1.165) is 26.2 Å². The van der Waals surface area contributed by atoms with Gasteiger partial charge in [-0.3, -0.25) is 0 Å². The SMILES string of the molecule is CCNCc1ccc(N2CC3CCC(C2)O3)c(Br)c1. The number of nitrogens with one attached hydrogen (secondary N) is 1. The highest BCUT2D eigenvalue weighted by Crippen LogP contribution is 2.33. The molecular weight excluding hydrogens is 304 g/mol. The summed E-state index contributed by atoms with van der Waals surface area (Å²) in [5.41, 5.74) is 2.63. The van der Waals surface area contributed by atoms with E-state index in [2.05, 4.69) is 51.3 Å². The first-order valence-electron chi connectivity index (χ1n) is 7.16. The maximum Gasteiger partial charge on any atom is 0.0755 e. The summed E-state index contributed by atoms with van der Waals surface area (Å²) >= 11 is 3.72. The lowest BCUT2D eigenvalue weighted by atomic mass is 10.1. The lowest BCUT2D eigenvalue weighted by Gasteiger charge is -2.34. The average Bonchev–Trinajstić information content (AvgIpc) is 2.75. The molecule has 3 nitrogen and oxygen atoms in total. The van der Waals surface area contributed by atoms with Crippen LogP contribution in [0.5, 0.6) is 0 Å². The molecule has 1 aromatic carbocycles. The third kappa shape index (κ3) is 2.96. The lowest BCUT2D eigenvalue weighted by molar-refractivity contribution is 0.0304. The molecule has 0 radical (unpaired) electrons. The van der Waals surface area contributed by atoms with E-state index in [0.29, 0.717) is 12.2 Å². The molecule has 2 saturated heterocycles. The van der Waals surface area contributed by atoms with Crippen LogP contribution in [0.15, 0.2) is 22.7 Å². The van der Waals surface area contributed by atoms with E-state index in [1.54, 1.807) is 0 Å². The first-order chi connectivity index (χ1) is 9.26. The largest absolute Gasteiger partial charge is 0.371 e. The quantitative estimate of drug-likeness (QED) is 0.921. The smallest absolute Gasteiger partial charge is 0.0755 e. The van der Waals surface area contributed by atoms with Crippen molar-refractivity contribution in [3.63, 3.8) is 0 Å². The summed E-state index contributed by atoms with van der Waals surface area (Å²) in [5, 5.41) is 3.36. The summed E-state index contributed by atoms with van der Waals surface area (Å²) in [5.74, 6) is 0. The minimum Gasteiger partial charge on any atom is -0.371 e. The Morgan fingerprint density at radius 2 is 2.05 bits per heavy atom. The fraction of sp³-hybridized carbons (Fsp3) is 0.600. The monoisotopic (exact) mass is 324 g/mol. The molecule has 19 heavy (non-hydrogen) atoms. The second-order valence-electron chi connectivity index (χ2n) is 5.43. The van der Waals surface area contributed by atoms with Crippen LogP contribution in [0.2, 0.25) is 0 Å². The molecule has 3 rings (SSSR count). The third-order valence-corrected chi connectivity index (χ3v) is 4.61. The standard InChI is InChI=1S/C15H21BrN2O/c1-2-17-8-11-3-6-15(14(16)7-11)18-9-12-4-5-13(10-18)19-12/h3,6-7,12-13,17H,2,4-5,8-10H2,1H3. The van der Waals surface area contributed by atoms with E-state index in [4.69, 9.17) is 4.74 Å². The number of nitrogens with zero attached hydrogens (tertiary/aromatic N) is 1. The number of morpholine rings is 1. The van der Waals surface area contributed by atoms with Gasteiger partial charge in [0.25, 0.3) is 0 Å². The number of fused-ring (bicyclic) bond motifs is 2. The molecule has 0 saturated carbocycles. The van der Waals surface area contributed by atoms with Crippen molar-refractivity contribution in [1.82, 2.24) is 5.32 Å². The van der Waals surface area contributed by atoms with Crippen LogP contribution < -0.4 is 10.2 Å². The Morgan fingerprint density at radius 3 is 2.68 bits per heavy atom. The highest BCUT2D eigenvalue weighted by Gasteiger charge is 2.34. The van der Waals surface area contributed by atoms with Gasteiger partial charge >= 0.3 is 0 Å². The zero-order valence-corrected chi connectivity index (χ0v) is 12.9. The number of ether oxygens (including phenoxy) is 1. The molecule has 104 valence electrons. The highest BCUT2D eigenvalue weighted by molar-refractivity contribution is 9.10. The molecule has 0 spiro atoms. The zero-order valence-electron chi connectivity index (χ0n) is 11.4. The van der Waals surface area contributed by atoms with Gasteiger partial charge in [0, 0.05) is 24.1 Å². The van der Waals surface area contributed by atoms with Crippen LogP contribution in [0.25, 0.3) is 0 Å². The summed E-state index contributed by atoms with van der Waals surface area (Å²) in [6.45, 7) is 6.13. The molecule has 2 atom stereocenters. The van der Waals surface area contributed by atoms with E-state index in [1.807, 2.05) is 0 Å². The fourth-order valence-electron chi connectivity index (χ4n) is 3.00. The van der Waals surface area contributed by atoms with Gasteiger partial charge in [-0.15, -0.1) is 0 Å². The maximum atomic E-state index is 5.90. The Bertz CT molecular complexity index is 440. The van der Waals surface area contributed by atoms with Crippen molar-refractivity contribution in [3.8, 4) is 0 Å². The van der Waals surface area contributed by atoms with E-state index in [-0.39, 0.29) is 0 Å². The molecule has 0 aromatic heterocycles. The Labute approximate surface area is 123 Å². The average molecular weight is 325 g/mol. The number of hydrogen-bond donors (Lipinski definition) is 1. The molecule has 0 amide bonds. The van der Waals surface area contributed by atoms with Gasteiger partial charge in [0.15, 0.2) is 0 Å². The van der Waals surface area contributed by atoms with Crippen LogP contribution in [-0.4, -0.2) is 31.8 Å². The van der Waals surface area contributed by atoms with Crippen molar-refractivity contribution < 1.29 is 4.74 Å². The molecule has 0 aliphatic carbocycles. The van der Waals surface area contributed by atoms with Crippen LogP contribution in [0.4, 0.5) is 5.69 Å². The van der Waals surface area contributed by atoms with Crippen molar-refractivity contribution >= 4 is 21.6 Å². The Morgan fingerprint density at radius 1 is 1.32 bits per heavy atom. The molecule has 2 aliphatic rings. The summed E-state index contributed by atoms with van der Waals surface area (Å²) in [6, 6.07) is 6.69. The van der Waals surface area contributed by atoms with E-state index < -0.39 is 0 Å². The van der Waals surface area contributed by atoms with Crippen molar-refractivity contribution in [3.05, 3.63) is 28.2 Å². The van der Waals surface area contributed by atoms with Gasteiger partial charge in [0.1, 0.15) is 0 Å². The molecule has 1 aromatic rings. The molecule has 2 unspecified atom stereocenters. The van der Waals surface area contributed by atoms with Crippen LogP contribution in [-0.2, 0) is 11.3 Å². The second-order valence-corrected chi connectivity index (χ2v) is 6.28. The molecule has 2 aliphatic heterocycles. The van der Waals surface area contributed by atoms with Crippen LogP contribution >= 0.6 is 15.9 Å². The Hall–Kier alpha value is -0.580. The van der Waals surface area contributed by atoms with Crippen LogP contribution in [0, 0.1) is 0 Å². The number of hydrogen-bond acceptors (Lipinski definition) is 3. The first-order valence-corrected chi connectivity index (χ1v) is 7.95. The molecule has 2 fully saturated rings. The van der Waals surface area contributed by atoms with Gasteiger partial charge in [0.2, 0.25) is 0 Å². The van der Waals surface area contributed by atoms with Crippen molar-refractivity contribution in [2.24, 2.45) is 0 Å². The van der Waals surface area contributed by atoms with E-state index >= 15 is 0 Å². The van der Waals surface area contributed by atoms with Crippen molar-refractivity contribution in [2.45, 2.75) is 38.5 Å². The summed E-state index contributed by atoms with van der Waals surface area (Å²) in [7, 11) is 0. The van der Waals surface area contributed by atoms with Gasteiger partial charge < -0.3 is 15.0 Å². The van der Waals surface area contributed by atoms with Gasteiger partial charge in [-0.25, -0.2) is 0 Å². The fourth-order valence-corrected chi connectivity index (χ4v) is 3.67. The molecule has 2 heterocycles. The van der Waals surface area contributed by atoms with Gasteiger partial charge in [-0.05, 0) is 53.0 Å². The highest BCUT2D eigenvalue weighted by atomic mass is 79.9. The lowest BCUT2D eigenvalue weighted by Crippen LogP contribution is -2.42. The van der Waals surface area contributed by atoms with E-state index in [9.17, 15) is 0 Å². The summed E-state index contributed by atoms with van der Waals surface area (Å²) in [4.78, 5) is 2.47. The third-order valence-electron chi connectivity index (χ3n) is 3.98. The molecule has 1 N–H and O–H groups in total. The van der Waals surface area contributed by atoms with E-state index in [1.165, 1.54) is 28.6 Å². The van der Waals surface area contributed by atoms with Crippen molar-refractivity contribution in [1.29, 1.82) is 0 Å². The normalized spacial score (nSPS) is 25.9. The molecule has 4 heteroatoms. The van der Waals surface area contributed by atoms with Crippen LogP contribution in [0.3, 0.4) is 0 Å². The number of anilines is 1. The number of benzene rings is 1. The number of halogens is 1. The Balaban J connectivity index is 1.74. The van der Waals surface area contributed by atoms with Crippen LogP contribution in [0.1, 0.15) is 25.3 Å². The van der Waals surface area contributed by atoms with Gasteiger partial charge in [-0.1, -0.05) is 13.0 Å².